The van der Waals surface area contributed by atoms with E-state index in [0.717, 1.165) is 5.56 Å². The Labute approximate surface area is 111 Å². The summed E-state index contributed by atoms with van der Waals surface area (Å²) in [6, 6.07) is 13.0. The van der Waals surface area contributed by atoms with Gasteiger partial charge in [-0.2, -0.15) is 0 Å². The summed E-state index contributed by atoms with van der Waals surface area (Å²) in [6.07, 6.45) is 0.699. The number of methoxy groups -OCH3 is 1. The second kappa shape index (κ2) is 5.91. The van der Waals surface area contributed by atoms with E-state index in [1.807, 2.05) is 30.3 Å². The molecule has 2 N–H and O–H groups in total. The zero-order valence-corrected chi connectivity index (χ0v) is 10.6. The molecule has 0 saturated heterocycles. The molecule has 2 aromatic rings. The molecule has 2 rings (SSSR count). The van der Waals surface area contributed by atoms with Crippen LogP contribution in [0.2, 0.25) is 0 Å². The van der Waals surface area contributed by atoms with E-state index in [1.165, 1.54) is 7.11 Å². The first-order chi connectivity index (χ1) is 9.26. The Bertz CT molecular complexity index is 567. The minimum Gasteiger partial charge on any atom is -0.493 e. The van der Waals surface area contributed by atoms with Crippen LogP contribution in [-0.2, 0) is 6.61 Å². The number of hydrogen-bond acceptors (Lipinski definition) is 4. The average molecular weight is 257 g/mol. The van der Waals surface area contributed by atoms with E-state index in [0.29, 0.717) is 35.6 Å². The van der Waals surface area contributed by atoms with Crippen LogP contribution in [0.15, 0.2) is 42.5 Å². The predicted octanol–water partition coefficient (Wildman–Crippen LogP) is 2.67. The molecule has 0 atom stereocenters. The second-order valence-corrected chi connectivity index (χ2v) is 3.99. The lowest BCUT2D eigenvalue weighted by Gasteiger charge is -2.14. The first-order valence-electron chi connectivity index (χ1n) is 5.84. The molecule has 19 heavy (non-hydrogen) atoms. The van der Waals surface area contributed by atoms with E-state index < -0.39 is 0 Å². The minimum atomic E-state index is 0.297. The molecule has 0 saturated carbocycles. The standard InChI is InChI=1S/C15H15NO3/c1-18-13-8-7-12(9-17)14(16)15(13)19-10-11-5-3-2-4-6-11/h2-9H,10,16H2,1H3. The van der Waals surface area contributed by atoms with E-state index in [4.69, 9.17) is 15.2 Å². The Morgan fingerprint density at radius 2 is 1.89 bits per heavy atom. The number of nitrogen functional groups attached to an aromatic ring is 1. The summed E-state index contributed by atoms with van der Waals surface area (Å²) in [5.74, 6) is 0.912. The summed E-state index contributed by atoms with van der Waals surface area (Å²) in [5.41, 5.74) is 7.60. The van der Waals surface area contributed by atoms with Crippen molar-refractivity contribution in [2.24, 2.45) is 0 Å². The van der Waals surface area contributed by atoms with Gasteiger partial charge in [0.05, 0.1) is 12.8 Å². The third-order valence-corrected chi connectivity index (χ3v) is 2.77. The van der Waals surface area contributed by atoms with Crippen LogP contribution in [-0.4, -0.2) is 13.4 Å². The summed E-state index contributed by atoms with van der Waals surface area (Å²) in [7, 11) is 1.53. The van der Waals surface area contributed by atoms with Gasteiger partial charge in [-0.05, 0) is 17.7 Å². The number of nitrogens with two attached hydrogens (primary N) is 1. The summed E-state index contributed by atoms with van der Waals surface area (Å²) in [5, 5.41) is 0. The number of carbonyl (C=O) groups excluding carboxylic acids is 1. The van der Waals surface area contributed by atoms with E-state index in [1.54, 1.807) is 12.1 Å². The highest BCUT2D eigenvalue weighted by Gasteiger charge is 2.12. The molecule has 4 nitrogen and oxygen atoms in total. The molecule has 4 heteroatoms. The normalized spacial score (nSPS) is 9.95. The van der Waals surface area contributed by atoms with Gasteiger partial charge < -0.3 is 15.2 Å². The third-order valence-electron chi connectivity index (χ3n) is 2.77. The average Bonchev–Trinajstić information content (AvgIpc) is 2.46. The van der Waals surface area contributed by atoms with E-state index in [-0.39, 0.29) is 0 Å². The Balaban J connectivity index is 2.25. The van der Waals surface area contributed by atoms with Crippen LogP contribution in [0, 0.1) is 0 Å². The molecule has 0 aliphatic rings. The van der Waals surface area contributed by atoms with Crippen molar-refractivity contribution in [2.75, 3.05) is 12.8 Å². The monoisotopic (exact) mass is 257 g/mol. The summed E-state index contributed by atoms with van der Waals surface area (Å²) in [6.45, 7) is 0.365. The van der Waals surface area contributed by atoms with Crippen molar-refractivity contribution < 1.29 is 14.3 Å². The van der Waals surface area contributed by atoms with Gasteiger partial charge in [-0.15, -0.1) is 0 Å². The number of carbonyl (C=O) groups is 1. The molecule has 0 amide bonds. The zero-order valence-electron chi connectivity index (χ0n) is 10.6. The molecular formula is C15H15NO3. The molecule has 2 aromatic carbocycles. The van der Waals surface area contributed by atoms with Crippen molar-refractivity contribution >= 4 is 12.0 Å². The van der Waals surface area contributed by atoms with Crippen LogP contribution in [0.4, 0.5) is 5.69 Å². The van der Waals surface area contributed by atoms with Gasteiger partial charge in [-0.1, -0.05) is 30.3 Å². The van der Waals surface area contributed by atoms with Gasteiger partial charge in [0, 0.05) is 5.56 Å². The first kappa shape index (κ1) is 13.0. The molecule has 0 unspecified atom stereocenters. The van der Waals surface area contributed by atoms with Crippen LogP contribution in [0.5, 0.6) is 11.5 Å². The smallest absolute Gasteiger partial charge is 0.185 e. The topological polar surface area (TPSA) is 61.5 Å². The summed E-state index contributed by atoms with van der Waals surface area (Å²) >= 11 is 0. The van der Waals surface area contributed by atoms with E-state index >= 15 is 0 Å². The fourth-order valence-electron chi connectivity index (χ4n) is 1.74. The molecule has 0 bridgehead atoms. The molecule has 0 spiro atoms. The molecule has 0 radical (unpaired) electrons. The van der Waals surface area contributed by atoms with Crippen LogP contribution in [0.3, 0.4) is 0 Å². The Hall–Kier alpha value is -2.49. The fraction of sp³-hybridized carbons (Fsp3) is 0.133. The SMILES string of the molecule is COc1ccc(C=O)c(N)c1OCc1ccccc1. The highest BCUT2D eigenvalue weighted by molar-refractivity contribution is 5.87. The van der Waals surface area contributed by atoms with Gasteiger partial charge in [0.1, 0.15) is 6.61 Å². The van der Waals surface area contributed by atoms with Crippen LogP contribution < -0.4 is 15.2 Å². The summed E-state index contributed by atoms with van der Waals surface area (Å²) < 4.78 is 10.9. The number of benzene rings is 2. The quantitative estimate of drug-likeness (QED) is 0.660. The highest BCUT2D eigenvalue weighted by atomic mass is 16.5. The predicted molar refractivity (Wildman–Crippen MR) is 73.6 cm³/mol. The largest absolute Gasteiger partial charge is 0.493 e. The van der Waals surface area contributed by atoms with Crippen LogP contribution in [0.1, 0.15) is 15.9 Å². The number of aldehydes is 1. The first-order valence-corrected chi connectivity index (χ1v) is 5.84. The lowest BCUT2D eigenvalue weighted by molar-refractivity contribution is 0.112. The van der Waals surface area contributed by atoms with Gasteiger partial charge in [-0.25, -0.2) is 0 Å². The van der Waals surface area contributed by atoms with Crippen molar-refractivity contribution in [1.29, 1.82) is 0 Å². The maximum atomic E-state index is 10.9. The Morgan fingerprint density at radius 1 is 1.16 bits per heavy atom. The van der Waals surface area contributed by atoms with E-state index in [2.05, 4.69) is 0 Å². The summed E-state index contributed by atoms with van der Waals surface area (Å²) in [4.78, 5) is 10.9. The number of anilines is 1. The molecule has 0 fully saturated rings. The van der Waals surface area contributed by atoms with Gasteiger partial charge in [0.25, 0.3) is 0 Å². The molecule has 0 aliphatic heterocycles. The van der Waals surface area contributed by atoms with E-state index in [9.17, 15) is 4.79 Å². The highest BCUT2D eigenvalue weighted by Crippen LogP contribution is 2.35. The molecule has 0 aromatic heterocycles. The van der Waals surface area contributed by atoms with Gasteiger partial charge in [0.15, 0.2) is 17.8 Å². The van der Waals surface area contributed by atoms with Gasteiger partial charge >= 0.3 is 0 Å². The third kappa shape index (κ3) is 2.85. The van der Waals surface area contributed by atoms with Gasteiger partial charge in [0.2, 0.25) is 0 Å². The zero-order chi connectivity index (χ0) is 13.7. The van der Waals surface area contributed by atoms with Crippen molar-refractivity contribution in [2.45, 2.75) is 6.61 Å². The number of rotatable bonds is 5. The lowest BCUT2D eigenvalue weighted by atomic mass is 10.1. The fourth-order valence-corrected chi connectivity index (χ4v) is 1.74. The minimum absolute atomic E-state index is 0.297. The number of hydrogen-bond donors (Lipinski definition) is 1. The van der Waals surface area contributed by atoms with Crippen LogP contribution in [0.25, 0.3) is 0 Å². The van der Waals surface area contributed by atoms with Crippen molar-refractivity contribution in [1.82, 2.24) is 0 Å². The number of ether oxygens (including phenoxy) is 2. The second-order valence-electron chi connectivity index (χ2n) is 3.99. The Morgan fingerprint density at radius 3 is 2.53 bits per heavy atom. The molecule has 98 valence electrons. The van der Waals surface area contributed by atoms with Gasteiger partial charge in [-0.3, -0.25) is 4.79 Å². The molecule has 0 heterocycles. The Kier molecular flexibility index (Phi) is 4.03. The van der Waals surface area contributed by atoms with Crippen molar-refractivity contribution in [3.63, 3.8) is 0 Å². The van der Waals surface area contributed by atoms with Crippen molar-refractivity contribution in [3.8, 4) is 11.5 Å². The van der Waals surface area contributed by atoms with Crippen LogP contribution >= 0.6 is 0 Å². The lowest BCUT2D eigenvalue weighted by Crippen LogP contribution is -2.03. The molecular weight excluding hydrogens is 242 g/mol. The van der Waals surface area contributed by atoms with Crippen molar-refractivity contribution in [3.05, 3.63) is 53.6 Å². The molecule has 0 aliphatic carbocycles. The maximum Gasteiger partial charge on any atom is 0.185 e. The maximum absolute atomic E-state index is 10.9.